The van der Waals surface area contributed by atoms with Gasteiger partial charge in [0.1, 0.15) is 5.75 Å². The van der Waals surface area contributed by atoms with E-state index in [0.717, 1.165) is 18.4 Å². The average Bonchev–Trinajstić information content (AvgIpc) is 3.42. The van der Waals surface area contributed by atoms with Crippen molar-refractivity contribution in [1.82, 2.24) is 15.5 Å². The third kappa shape index (κ3) is 6.89. The van der Waals surface area contributed by atoms with Crippen molar-refractivity contribution < 1.29 is 35.0 Å². The average molecular weight is 615 g/mol. The monoisotopic (exact) mass is 614 g/mol. The van der Waals surface area contributed by atoms with Crippen molar-refractivity contribution in [2.75, 3.05) is 18.0 Å². The van der Waals surface area contributed by atoms with E-state index in [1.165, 1.54) is 12.1 Å². The van der Waals surface area contributed by atoms with E-state index in [1.807, 2.05) is 30.3 Å². The molecule has 3 aromatic carbocycles. The van der Waals surface area contributed by atoms with Gasteiger partial charge in [0.15, 0.2) is 0 Å². The van der Waals surface area contributed by atoms with Crippen LogP contribution in [0.2, 0.25) is 0 Å². The highest BCUT2D eigenvalue weighted by Gasteiger charge is 2.48. The van der Waals surface area contributed by atoms with Crippen molar-refractivity contribution in [3.63, 3.8) is 0 Å². The molecule has 0 spiro atoms. The molecule has 1 amide bonds. The van der Waals surface area contributed by atoms with Crippen LogP contribution in [0.4, 0.5) is 18.9 Å². The Morgan fingerprint density at radius 2 is 1.79 bits per heavy atom. The Balaban J connectivity index is 1.30. The number of aryl methyl sites for hydroxylation is 1. The van der Waals surface area contributed by atoms with Crippen LogP contribution in [0.15, 0.2) is 77.2 Å². The topological polar surface area (TPSA) is 115 Å². The maximum atomic E-state index is 13.7. The Labute approximate surface area is 246 Å². The fraction of sp³-hybridized carbons (Fsp3) is 0.300. The van der Waals surface area contributed by atoms with Crippen LogP contribution in [0.3, 0.4) is 0 Å². The molecule has 2 heterocycles. The first-order valence-electron chi connectivity index (χ1n) is 13.6. The maximum Gasteiger partial charge on any atom is 0.534 e. The van der Waals surface area contributed by atoms with E-state index in [-0.39, 0.29) is 17.6 Å². The van der Waals surface area contributed by atoms with Gasteiger partial charge >= 0.3 is 15.6 Å². The van der Waals surface area contributed by atoms with Gasteiger partial charge in [-0.15, -0.1) is 10.2 Å². The highest BCUT2D eigenvalue weighted by atomic mass is 32.2. The van der Waals surface area contributed by atoms with Gasteiger partial charge in [0, 0.05) is 32.1 Å². The van der Waals surface area contributed by atoms with Crippen LogP contribution in [-0.2, 0) is 16.7 Å². The van der Waals surface area contributed by atoms with Crippen molar-refractivity contribution in [1.29, 1.82) is 0 Å². The molecule has 5 rings (SSSR count). The van der Waals surface area contributed by atoms with E-state index < -0.39 is 15.6 Å². The van der Waals surface area contributed by atoms with Crippen molar-refractivity contribution in [3.8, 4) is 17.2 Å². The molecule has 43 heavy (non-hydrogen) atoms. The molecule has 4 aromatic rings. The number of amides is 1. The molecule has 0 bridgehead atoms. The zero-order valence-electron chi connectivity index (χ0n) is 23.2. The second-order valence-corrected chi connectivity index (χ2v) is 11.7. The second kappa shape index (κ2) is 12.6. The highest BCUT2D eigenvalue weighted by molar-refractivity contribution is 7.88. The van der Waals surface area contributed by atoms with E-state index >= 15 is 0 Å². The van der Waals surface area contributed by atoms with Gasteiger partial charge < -0.3 is 18.8 Å². The van der Waals surface area contributed by atoms with Gasteiger partial charge in [-0.2, -0.15) is 21.6 Å². The fourth-order valence-electron chi connectivity index (χ4n) is 5.13. The van der Waals surface area contributed by atoms with Gasteiger partial charge in [-0.25, -0.2) is 0 Å². The summed E-state index contributed by atoms with van der Waals surface area (Å²) in [5, 5.41) is 11.3. The molecule has 1 atom stereocenters. The number of carbonyl (C=O) groups excluding carboxylic acids is 1. The molecule has 0 fully saturated rings. The Morgan fingerprint density at radius 1 is 1.05 bits per heavy atom. The molecule has 226 valence electrons. The lowest BCUT2D eigenvalue weighted by molar-refractivity contribution is -0.0500. The lowest BCUT2D eigenvalue weighted by Gasteiger charge is -2.28. The predicted octanol–water partition coefficient (Wildman–Crippen LogP) is 5.98. The first kappa shape index (κ1) is 30.2. The number of carbonyl (C=O) groups is 1. The van der Waals surface area contributed by atoms with Crippen LogP contribution in [0.5, 0.6) is 5.75 Å². The van der Waals surface area contributed by atoms with Gasteiger partial charge in [0.25, 0.3) is 5.91 Å². The Hall–Kier alpha value is -4.23. The number of benzene rings is 3. The number of hydrogen-bond donors (Lipinski definition) is 1. The molecule has 9 nitrogen and oxygen atoms in total. The first-order chi connectivity index (χ1) is 20.5. The second-order valence-electron chi connectivity index (χ2n) is 10.1. The number of unbranched alkanes of at least 4 members (excludes halogenated alkanes) is 1. The molecule has 1 aliphatic heterocycles. The minimum atomic E-state index is -5.75. The van der Waals surface area contributed by atoms with Crippen LogP contribution in [-0.4, -0.2) is 43.1 Å². The number of nitrogens with zero attached hydrogens (tertiary/aromatic N) is 3. The summed E-state index contributed by atoms with van der Waals surface area (Å²) in [6, 6.07) is 20.5. The molecule has 13 heteroatoms. The number of hydrogen-bond acceptors (Lipinski definition) is 8. The van der Waals surface area contributed by atoms with E-state index in [2.05, 4.69) is 19.7 Å². The third-order valence-corrected chi connectivity index (χ3v) is 8.13. The lowest BCUT2D eigenvalue weighted by atomic mass is 9.87. The van der Waals surface area contributed by atoms with E-state index in [9.17, 15) is 26.4 Å². The van der Waals surface area contributed by atoms with E-state index in [4.69, 9.17) is 4.42 Å². The van der Waals surface area contributed by atoms with Crippen LogP contribution < -0.4 is 14.4 Å². The highest BCUT2D eigenvalue weighted by Crippen LogP contribution is 2.34. The molecule has 0 saturated carbocycles. The number of fused-ring (bicyclic) bond motifs is 1. The van der Waals surface area contributed by atoms with E-state index in [0.29, 0.717) is 60.2 Å². The van der Waals surface area contributed by atoms with Gasteiger partial charge in [0.2, 0.25) is 11.8 Å². The molecule has 1 aliphatic rings. The van der Waals surface area contributed by atoms with Crippen molar-refractivity contribution in [3.05, 3.63) is 95.4 Å². The molecule has 1 N–H and O–H groups in total. The third-order valence-electron chi connectivity index (χ3n) is 7.15. The molecule has 0 aliphatic carbocycles. The van der Waals surface area contributed by atoms with Crippen LogP contribution in [0.1, 0.15) is 52.6 Å². The summed E-state index contributed by atoms with van der Waals surface area (Å²) in [7, 11) is -5.75. The van der Waals surface area contributed by atoms with Crippen molar-refractivity contribution in [2.45, 2.75) is 44.2 Å². The van der Waals surface area contributed by atoms with Crippen LogP contribution in [0.25, 0.3) is 11.5 Å². The molecule has 0 saturated heterocycles. The Morgan fingerprint density at radius 3 is 2.51 bits per heavy atom. The number of para-hydroxylation sites is 1. The normalized spacial score (nSPS) is 15.1. The summed E-state index contributed by atoms with van der Waals surface area (Å²) in [4.78, 5) is 15.4. The van der Waals surface area contributed by atoms with Gasteiger partial charge in [0.05, 0.1) is 11.3 Å². The Kier molecular flexibility index (Phi) is 8.83. The first-order valence-corrected chi connectivity index (χ1v) is 15.0. The SMILES string of the molecule is Cc1nnc(-c2ccccc2N(CCCCC2CNCc3cc(OS(=O)(=O)C(F)(F)F)ccc32)C(=O)c2ccccc2)o1. The number of anilines is 1. The number of rotatable bonds is 10. The molecular weight excluding hydrogens is 585 g/mol. The summed E-state index contributed by atoms with van der Waals surface area (Å²) >= 11 is 0. The molecule has 1 unspecified atom stereocenters. The largest absolute Gasteiger partial charge is 0.534 e. The lowest BCUT2D eigenvalue weighted by Crippen LogP contribution is -2.32. The summed E-state index contributed by atoms with van der Waals surface area (Å²) in [6.45, 7) is 3.13. The van der Waals surface area contributed by atoms with Crippen LogP contribution in [0, 0.1) is 6.92 Å². The predicted molar refractivity (Wildman–Crippen MR) is 153 cm³/mol. The standard InChI is InChI=1S/C30H29F3N4O5S/c1-20-35-36-28(41-20)26-12-5-6-13-27(26)37(29(38)21-9-3-2-4-10-21)16-8-7-11-22-18-34-19-23-17-24(14-15-25(22)23)42-43(39,40)30(31,32)33/h2-6,9-10,12-15,17,22,34H,7-8,11,16,18-19H2,1H3. The Bertz CT molecular complexity index is 1690. The maximum absolute atomic E-state index is 13.7. The smallest absolute Gasteiger partial charge is 0.421 e. The van der Waals surface area contributed by atoms with Crippen LogP contribution >= 0.6 is 0 Å². The molecule has 0 radical (unpaired) electrons. The fourth-order valence-corrected chi connectivity index (χ4v) is 5.58. The number of nitrogens with one attached hydrogen (secondary N) is 1. The van der Waals surface area contributed by atoms with E-state index in [1.54, 1.807) is 42.2 Å². The molecule has 1 aromatic heterocycles. The number of alkyl halides is 3. The number of halogens is 3. The van der Waals surface area contributed by atoms with Gasteiger partial charge in [-0.3, -0.25) is 4.79 Å². The summed E-state index contributed by atoms with van der Waals surface area (Å²) in [6.07, 6.45) is 2.14. The zero-order chi connectivity index (χ0) is 30.6. The molecular formula is C30H29F3N4O5S. The minimum Gasteiger partial charge on any atom is -0.421 e. The zero-order valence-corrected chi connectivity index (χ0v) is 24.0. The van der Waals surface area contributed by atoms with Gasteiger partial charge in [-0.05, 0) is 66.3 Å². The summed E-state index contributed by atoms with van der Waals surface area (Å²) in [5.74, 6) is 0.214. The minimum absolute atomic E-state index is 0.0453. The number of aromatic nitrogens is 2. The summed E-state index contributed by atoms with van der Waals surface area (Å²) < 4.78 is 71.1. The van der Waals surface area contributed by atoms with Crippen molar-refractivity contribution in [2.24, 2.45) is 0 Å². The van der Waals surface area contributed by atoms with Gasteiger partial charge in [-0.1, -0.05) is 42.8 Å². The quantitative estimate of drug-likeness (QED) is 0.132. The summed E-state index contributed by atoms with van der Waals surface area (Å²) in [5.41, 5.74) is -2.09. The van der Waals surface area contributed by atoms with Crippen molar-refractivity contribution >= 4 is 21.7 Å².